The quantitative estimate of drug-likeness (QED) is 0.0199. The van der Waals surface area contributed by atoms with Crippen LogP contribution < -0.4 is 0 Å². The van der Waals surface area contributed by atoms with Crippen molar-refractivity contribution in [1.82, 2.24) is 0 Å². The molecule has 0 amide bonds. The first kappa shape index (κ1) is 61.4. The van der Waals surface area contributed by atoms with Gasteiger partial charge in [-0.2, -0.15) is 0 Å². The van der Waals surface area contributed by atoms with Crippen LogP contribution in [-0.2, 0) is 28.6 Å². The molecule has 0 aromatic rings. The normalized spacial score (nSPS) is 12.4. The van der Waals surface area contributed by atoms with Crippen molar-refractivity contribution in [2.24, 2.45) is 0 Å². The summed E-state index contributed by atoms with van der Waals surface area (Å²) in [5, 5.41) is 0. The van der Waals surface area contributed by atoms with Crippen LogP contribution in [0.25, 0.3) is 0 Å². The maximum absolute atomic E-state index is 12.8. The fraction of sp³-hybridized carbons (Fsp3) is 0.810. The van der Waals surface area contributed by atoms with Crippen molar-refractivity contribution in [2.75, 3.05) is 13.2 Å². The number of hydrogen-bond acceptors (Lipinski definition) is 6. The standard InChI is InChI=1S/C58H104O6/c1-4-7-10-13-16-19-22-24-26-28-30-31-33-36-39-42-45-48-51-57(60)63-54-55(53-62-56(59)50-47-44-41-38-35-21-18-15-12-9-6-3)64-58(61)52-49-46-43-40-37-34-32-29-27-25-23-20-17-14-11-8-5-2/h22,24-28,30-31,55H,4-21,23,29,32-54H2,1-3H3/b24-22-,27-25-,28-26-,31-30-. The Morgan fingerprint density at radius 1 is 0.312 bits per heavy atom. The van der Waals surface area contributed by atoms with Crippen LogP contribution in [0, 0.1) is 0 Å². The number of esters is 3. The van der Waals surface area contributed by atoms with Gasteiger partial charge in [-0.15, -0.1) is 0 Å². The molecule has 0 spiro atoms. The molecule has 0 aromatic carbocycles. The summed E-state index contributed by atoms with van der Waals surface area (Å²) in [7, 11) is 0. The summed E-state index contributed by atoms with van der Waals surface area (Å²) in [6.07, 6.45) is 63.8. The summed E-state index contributed by atoms with van der Waals surface area (Å²) < 4.78 is 16.8. The van der Waals surface area contributed by atoms with Crippen molar-refractivity contribution in [3.05, 3.63) is 48.6 Å². The molecular weight excluding hydrogens is 793 g/mol. The van der Waals surface area contributed by atoms with Gasteiger partial charge in [-0.25, -0.2) is 0 Å². The van der Waals surface area contributed by atoms with E-state index >= 15 is 0 Å². The Morgan fingerprint density at radius 3 is 0.906 bits per heavy atom. The molecule has 1 unspecified atom stereocenters. The van der Waals surface area contributed by atoms with Crippen molar-refractivity contribution in [3.63, 3.8) is 0 Å². The summed E-state index contributed by atoms with van der Waals surface area (Å²) in [5.74, 6) is -0.894. The van der Waals surface area contributed by atoms with Gasteiger partial charge in [0, 0.05) is 19.3 Å². The fourth-order valence-electron chi connectivity index (χ4n) is 7.91. The molecule has 0 N–H and O–H groups in total. The smallest absolute Gasteiger partial charge is 0.306 e. The predicted molar refractivity (Wildman–Crippen MR) is 275 cm³/mol. The lowest BCUT2D eigenvalue weighted by molar-refractivity contribution is -0.167. The average Bonchev–Trinajstić information content (AvgIpc) is 3.29. The highest BCUT2D eigenvalue weighted by Gasteiger charge is 2.19. The molecule has 1 atom stereocenters. The third-order valence-electron chi connectivity index (χ3n) is 12.1. The van der Waals surface area contributed by atoms with Crippen LogP contribution in [0.4, 0.5) is 0 Å². The first-order valence-electron chi connectivity index (χ1n) is 27.7. The minimum absolute atomic E-state index is 0.0791. The minimum Gasteiger partial charge on any atom is -0.462 e. The molecule has 6 heteroatoms. The molecule has 0 bridgehead atoms. The molecule has 0 fully saturated rings. The lowest BCUT2D eigenvalue weighted by Gasteiger charge is -2.18. The van der Waals surface area contributed by atoms with Gasteiger partial charge in [0.1, 0.15) is 13.2 Å². The highest BCUT2D eigenvalue weighted by molar-refractivity contribution is 5.71. The second kappa shape index (κ2) is 53.0. The van der Waals surface area contributed by atoms with Crippen LogP contribution in [0.15, 0.2) is 48.6 Å². The van der Waals surface area contributed by atoms with Gasteiger partial charge in [0.25, 0.3) is 0 Å². The van der Waals surface area contributed by atoms with Crippen molar-refractivity contribution >= 4 is 17.9 Å². The summed E-state index contributed by atoms with van der Waals surface area (Å²) in [5.41, 5.74) is 0. The van der Waals surface area contributed by atoms with Crippen LogP contribution in [0.1, 0.15) is 284 Å². The van der Waals surface area contributed by atoms with E-state index in [9.17, 15) is 14.4 Å². The Kier molecular flexibility index (Phi) is 50.8. The van der Waals surface area contributed by atoms with Gasteiger partial charge >= 0.3 is 17.9 Å². The molecule has 0 aromatic heterocycles. The summed E-state index contributed by atoms with van der Waals surface area (Å²) in [4.78, 5) is 38.0. The maximum Gasteiger partial charge on any atom is 0.306 e. The molecule has 0 saturated carbocycles. The molecule has 6 nitrogen and oxygen atoms in total. The Hall–Kier alpha value is -2.63. The van der Waals surface area contributed by atoms with E-state index in [0.29, 0.717) is 19.3 Å². The number of hydrogen-bond donors (Lipinski definition) is 0. The molecule has 0 heterocycles. The topological polar surface area (TPSA) is 78.9 Å². The largest absolute Gasteiger partial charge is 0.462 e. The second-order valence-electron chi connectivity index (χ2n) is 18.6. The SMILES string of the molecule is CCCCCCC\C=C/C=C\C=C/CCCCCCCC(=O)OCC(COC(=O)CCCCCCCCCCCCC)OC(=O)CCCCCCCCC/C=C\CCCCCCCC. The number of allylic oxidation sites excluding steroid dienone is 8. The van der Waals surface area contributed by atoms with Crippen molar-refractivity contribution in [3.8, 4) is 0 Å². The molecule has 64 heavy (non-hydrogen) atoms. The Morgan fingerprint density at radius 2 is 0.578 bits per heavy atom. The summed E-state index contributed by atoms with van der Waals surface area (Å²) in [6, 6.07) is 0. The van der Waals surface area contributed by atoms with E-state index in [4.69, 9.17) is 14.2 Å². The number of rotatable bonds is 50. The van der Waals surface area contributed by atoms with Crippen LogP contribution in [0.2, 0.25) is 0 Å². The minimum atomic E-state index is -0.781. The third-order valence-corrected chi connectivity index (χ3v) is 12.1. The highest BCUT2D eigenvalue weighted by Crippen LogP contribution is 2.15. The Balaban J connectivity index is 4.38. The Labute approximate surface area is 397 Å². The summed E-state index contributed by atoms with van der Waals surface area (Å²) >= 11 is 0. The van der Waals surface area contributed by atoms with Crippen molar-refractivity contribution < 1.29 is 28.6 Å². The van der Waals surface area contributed by atoms with E-state index in [1.807, 2.05) is 0 Å². The van der Waals surface area contributed by atoms with E-state index in [1.165, 1.54) is 167 Å². The first-order valence-corrected chi connectivity index (χ1v) is 27.7. The second-order valence-corrected chi connectivity index (χ2v) is 18.6. The van der Waals surface area contributed by atoms with E-state index in [2.05, 4.69) is 69.4 Å². The zero-order valence-electron chi connectivity index (χ0n) is 42.6. The zero-order valence-corrected chi connectivity index (χ0v) is 42.6. The fourth-order valence-corrected chi connectivity index (χ4v) is 7.91. The van der Waals surface area contributed by atoms with E-state index in [1.54, 1.807) is 0 Å². The first-order chi connectivity index (χ1) is 31.5. The molecule has 0 saturated heterocycles. The molecule has 0 radical (unpaired) electrons. The number of ether oxygens (including phenoxy) is 3. The molecule has 0 aliphatic carbocycles. The molecular formula is C58H104O6. The highest BCUT2D eigenvalue weighted by atomic mass is 16.6. The molecule has 372 valence electrons. The number of unbranched alkanes of at least 4 members (excludes halogenated alkanes) is 33. The van der Waals surface area contributed by atoms with Gasteiger partial charge in [-0.3, -0.25) is 14.4 Å². The van der Waals surface area contributed by atoms with E-state index in [-0.39, 0.29) is 31.1 Å². The van der Waals surface area contributed by atoms with Gasteiger partial charge in [-0.1, -0.05) is 243 Å². The van der Waals surface area contributed by atoms with Crippen LogP contribution in [0.5, 0.6) is 0 Å². The predicted octanol–water partition coefficient (Wildman–Crippen LogP) is 18.3. The zero-order chi connectivity index (χ0) is 46.5. The van der Waals surface area contributed by atoms with Crippen LogP contribution in [-0.4, -0.2) is 37.2 Å². The molecule has 0 rings (SSSR count). The van der Waals surface area contributed by atoms with Gasteiger partial charge in [0.05, 0.1) is 0 Å². The summed E-state index contributed by atoms with van der Waals surface area (Å²) in [6.45, 7) is 6.61. The van der Waals surface area contributed by atoms with E-state index in [0.717, 1.165) is 77.0 Å². The van der Waals surface area contributed by atoms with Crippen LogP contribution >= 0.6 is 0 Å². The van der Waals surface area contributed by atoms with Crippen molar-refractivity contribution in [2.45, 2.75) is 290 Å². The lowest BCUT2D eigenvalue weighted by atomic mass is 10.1. The monoisotopic (exact) mass is 897 g/mol. The Bertz CT molecular complexity index is 1120. The van der Waals surface area contributed by atoms with Crippen molar-refractivity contribution in [1.29, 1.82) is 0 Å². The van der Waals surface area contributed by atoms with Crippen LogP contribution in [0.3, 0.4) is 0 Å². The third kappa shape index (κ3) is 50.4. The van der Waals surface area contributed by atoms with Gasteiger partial charge < -0.3 is 14.2 Å². The van der Waals surface area contributed by atoms with Gasteiger partial charge in [0.2, 0.25) is 0 Å². The molecule has 0 aliphatic rings. The lowest BCUT2D eigenvalue weighted by Crippen LogP contribution is -2.30. The number of carbonyl (C=O) groups is 3. The molecule has 0 aliphatic heterocycles. The number of carbonyl (C=O) groups excluding carboxylic acids is 3. The maximum atomic E-state index is 12.8. The van der Waals surface area contributed by atoms with Gasteiger partial charge in [0.15, 0.2) is 6.10 Å². The van der Waals surface area contributed by atoms with E-state index < -0.39 is 6.10 Å². The average molecular weight is 897 g/mol. The van der Waals surface area contributed by atoms with Gasteiger partial charge in [-0.05, 0) is 70.6 Å².